The number of hydrogen-bond acceptors (Lipinski definition) is 0. The fourth-order valence-electron chi connectivity index (χ4n) is 4.31. The Morgan fingerprint density at radius 3 is 2.58 bits per heavy atom. The van der Waals surface area contributed by atoms with Crippen LogP contribution in [0.3, 0.4) is 0 Å². The maximum atomic E-state index is 6.08. The van der Waals surface area contributed by atoms with Crippen molar-refractivity contribution < 1.29 is 0 Å². The number of rotatable bonds is 0. The highest BCUT2D eigenvalue weighted by Crippen LogP contribution is 2.67. The van der Waals surface area contributed by atoms with Crippen LogP contribution in [0.2, 0.25) is 5.82 Å². The minimum absolute atomic E-state index is 0.552. The van der Waals surface area contributed by atoms with Crippen molar-refractivity contribution in [1.29, 1.82) is 0 Å². The quantitative estimate of drug-likeness (QED) is 0.478. The van der Waals surface area contributed by atoms with Crippen LogP contribution in [0.1, 0.15) is 44.9 Å². The molecule has 4 unspecified atom stereocenters. The van der Waals surface area contributed by atoms with Crippen LogP contribution < -0.4 is 0 Å². The summed E-state index contributed by atoms with van der Waals surface area (Å²) >= 11 is 0. The maximum Gasteiger partial charge on any atom is 0.0699 e. The van der Waals surface area contributed by atoms with Gasteiger partial charge in [0.05, 0.1) is 7.85 Å². The molecular weight excluding hydrogens is 143 g/mol. The molecule has 0 heterocycles. The first-order chi connectivity index (χ1) is 5.81. The van der Waals surface area contributed by atoms with Crippen LogP contribution in [0, 0.1) is 17.3 Å². The van der Waals surface area contributed by atoms with E-state index in [1.54, 1.807) is 0 Å². The molecule has 3 rings (SSSR count). The van der Waals surface area contributed by atoms with E-state index >= 15 is 0 Å². The van der Waals surface area contributed by atoms with Crippen molar-refractivity contribution in [2.45, 2.75) is 50.8 Å². The third-order valence-corrected chi connectivity index (χ3v) is 4.92. The Bertz CT molecular complexity index is 201. The summed E-state index contributed by atoms with van der Waals surface area (Å²) in [5, 5.41) is 0. The molecule has 0 nitrogen and oxygen atoms in total. The lowest BCUT2D eigenvalue weighted by molar-refractivity contribution is -0.0467. The summed E-state index contributed by atoms with van der Waals surface area (Å²) in [6.07, 6.45) is 10.2. The van der Waals surface area contributed by atoms with E-state index in [4.69, 9.17) is 7.85 Å². The van der Waals surface area contributed by atoms with Gasteiger partial charge in [-0.25, -0.2) is 0 Å². The molecule has 1 heteroatoms. The zero-order valence-electron chi connectivity index (χ0n) is 7.76. The monoisotopic (exact) mass is 160 g/mol. The molecule has 0 aromatic heterocycles. The molecule has 0 aromatic rings. The van der Waals surface area contributed by atoms with Crippen LogP contribution in [0.25, 0.3) is 0 Å². The van der Waals surface area contributed by atoms with E-state index in [-0.39, 0.29) is 0 Å². The first-order valence-electron chi connectivity index (χ1n) is 5.57. The predicted molar refractivity (Wildman–Crippen MR) is 51.2 cm³/mol. The summed E-state index contributed by atoms with van der Waals surface area (Å²) in [4.78, 5) is 0. The van der Waals surface area contributed by atoms with E-state index in [9.17, 15) is 0 Å². The summed E-state index contributed by atoms with van der Waals surface area (Å²) in [6, 6.07) is 0. The molecule has 3 fully saturated rings. The molecule has 3 aliphatic rings. The van der Waals surface area contributed by atoms with Gasteiger partial charge < -0.3 is 0 Å². The molecule has 12 heavy (non-hydrogen) atoms. The van der Waals surface area contributed by atoms with E-state index in [0.717, 1.165) is 17.3 Å². The van der Waals surface area contributed by atoms with E-state index < -0.39 is 0 Å². The van der Waals surface area contributed by atoms with Gasteiger partial charge in [-0.15, -0.1) is 0 Å². The van der Waals surface area contributed by atoms with Gasteiger partial charge in [0.25, 0.3) is 0 Å². The highest BCUT2D eigenvalue weighted by atomic mass is 14.6. The fraction of sp³-hybridized carbons (Fsp3) is 1.00. The Balaban J connectivity index is 1.89. The Morgan fingerprint density at radius 2 is 1.92 bits per heavy atom. The minimum atomic E-state index is 0.552. The second-order valence-corrected chi connectivity index (χ2v) is 5.30. The van der Waals surface area contributed by atoms with Gasteiger partial charge in [0.15, 0.2) is 0 Å². The lowest BCUT2D eigenvalue weighted by Gasteiger charge is -2.55. The highest BCUT2D eigenvalue weighted by Gasteiger charge is 2.56. The summed E-state index contributed by atoms with van der Waals surface area (Å²) in [6.45, 7) is 0. The second-order valence-electron chi connectivity index (χ2n) is 5.30. The van der Waals surface area contributed by atoms with Crippen LogP contribution >= 0.6 is 0 Å². The largest absolute Gasteiger partial charge is 0.0766 e. The third-order valence-electron chi connectivity index (χ3n) is 4.92. The molecule has 1 spiro atoms. The average Bonchev–Trinajstić information content (AvgIpc) is 2.35. The first-order valence-corrected chi connectivity index (χ1v) is 5.57. The van der Waals surface area contributed by atoms with Crippen molar-refractivity contribution >= 4 is 7.85 Å². The van der Waals surface area contributed by atoms with Crippen LogP contribution in [0.5, 0.6) is 0 Å². The molecule has 64 valence electrons. The van der Waals surface area contributed by atoms with Gasteiger partial charge in [0.2, 0.25) is 0 Å². The summed E-state index contributed by atoms with van der Waals surface area (Å²) in [7, 11) is 6.08. The SMILES string of the molecule is [B]C1CC2CCCC3CCC32C1. The molecule has 3 aliphatic carbocycles. The molecule has 4 atom stereocenters. The molecular formula is C11H17B. The highest BCUT2D eigenvalue weighted by molar-refractivity contribution is 6.11. The van der Waals surface area contributed by atoms with Crippen molar-refractivity contribution in [1.82, 2.24) is 0 Å². The Kier molecular flexibility index (Phi) is 1.43. The van der Waals surface area contributed by atoms with Crippen molar-refractivity contribution in [3.63, 3.8) is 0 Å². The van der Waals surface area contributed by atoms with Gasteiger partial charge in [-0.2, -0.15) is 0 Å². The Hall–Kier alpha value is 0.0649. The Morgan fingerprint density at radius 1 is 1.08 bits per heavy atom. The molecule has 0 saturated heterocycles. The summed E-state index contributed by atoms with van der Waals surface area (Å²) in [5.74, 6) is 2.67. The van der Waals surface area contributed by atoms with E-state index in [1.807, 2.05) is 0 Å². The topological polar surface area (TPSA) is 0 Å². The molecule has 0 aliphatic heterocycles. The second kappa shape index (κ2) is 2.30. The van der Waals surface area contributed by atoms with Crippen LogP contribution in [-0.4, -0.2) is 7.85 Å². The fourth-order valence-corrected chi connectivity index (χ4v) is 4.31. The molecule has 0 aromatic carbocycles. The average molecular weight is 160 g/mol. The van der Waals surface area contributed by atoms with Gasteiger partial charge in [-0.1, -0.05) is 25.1 Å². The maximum absolute atomic E-state index is 6.08. The van der Waals surface area contributed by atoms with Crippen molar-refractivity contribution in [3.05, 3.63) is 0 Å². The smallest absolute Gasteiger partial charge is 0.0699 e. The van der Waals surface area contributed by atoms with Gasteiger partial charge in [-0.3, -0.25) is 0 Å². The molecule has 3 saturated carbocycles. The lowest BCUT2D eigenvalue weighted by atomic mass is 9.50. The van der Waals surface area contributed by atoms with E-state index in [2.05, 4.69) is 0 Å². The standard InChI is InChI=1S/C11H17B/c12-10-6-9-3-1-2-8-4-5-11(8,9)7-10/h8-10H,1-7H2. The van der Waals surface area contributed by atoms with Crippen molar-refractivity contribution in [3.8, 4) is 0 Å². The van der Waals surface area contributed by atoms with E-state index in [1.165, 1.54) is 44.9 Å². The van der Waals surface area contributed by atoms with Crippen LogP contribution in [-0.2, 0) is 0 Å². The Labute approximate surface area is 76.5 Å². The lowest BCUT2D eigenvalue weighted by Crippen LogP contribution is -2.45. The normalized spacial score (nSPS) is 57.2. The third kappa shape index (κ3) is 0.756. The van der Waals surface area contributed by atoms with Crippen molar-refractivity contribution in [2.24, 2.45) is 17.3 Å². The first kappa shape index (κ1) is 7.47. The van der Waals surface area contributed by atoms with Crippen LogP contribution in [0.15, 0.2) is 0 Å². The summed E-state index contributed by atoms with van der Waals surface area (Å²) in [5.41, 5.74) is 0.775. The molecule has 0 N–H and O–H groups in total. The zero-order valence-corrected chi connectivity index (χ0v) is 7.76. The minimum Gasteiger partial charge on any atom is -0.0766 e. The van der Waals surface area contributed by atoms with Gasteiger partial charge in [-0.05, 0) is 42.9 Å². The molecule has 2 radical (unpaired) electrons. The van der Waals surface area contributed by atoms with Gasteiger partial charge >= 0.3 is 0 Å². The zero-order chi connectivity index (χ0) is 8.18. The predicted octanol–water partition coefficient (Wildman–Crippen LogP) is 2.93. The van der Waals surface area contributed by atoms with Crippen LogP contribution in [0.4, 0.5) is 0 Å². The van der Waals surface area contributed by atoms with E-state index in [0.29, 0.717) is 5.82 Å². The van der Waals surface area contributed by atoms with Gasteiger partial charge in [0, 0.05) is 0 Å². The summed E-state index contributed by atoms with van der Waals surface area (Å²) < 4.78 is 0. The molecule has 0 bridgehead atoms. The van der Waals surface area contributed by atoms with Crippen molar-refractivity contribution in [2.75, 3.05) is 0 Å². The molecule has 0 amide bonds. The number of hydrogen-bond donors (Lipinski definition) is 0. The van der Waals surface area contributed by atoms with Gasteiger partial charge in [0.1, 0.15) is 0 Å².